The fourth-order valence-electron chi connectivity index (χ4n) is 1.34. The Balaban J connectivity index is 2.12. The first kappa shape index (κ1) is 9.60. The van der Waals surface area contributed by atoms with E-state index in [9.17, 15) is 14.9 Å². The highest BCUT2D eigenvalue weighted by atomic mass is 16.6. The zero-order chi connectivity index (χ0) is 11.0. The molecule has 1 aromatic carbocycles. The summed E-state index contributed by atoms with van der Waals surface area (Å²) in [5, 5.41) is 18.9. The molecule has 1 saturated heterocycles. The number of rotatable bonds is 3. The molecule has 0 bridgehead atoms. The van der Waals surface area contributed by atoms with Gasteiger partial charge in [0.15, 0.2) is 6.10 Å². The molecule has 0 aliphatic carbocycles. The van der Waals surface area contributed by atoms with Crippen molar-refractivity contribution in [2.75, 3.05) is 0 Å². The summed E-state index contributed by atoms with van der Waals surface area (Å²) >= 11 is 0. The molecule has 1 N–H and O–H groups in total. The third kappa shape index (κ3) is 1.79. The molecular formula is C9H7NO5. The van der Waals surface area contributed by atoms with Crippen LogP contribution in [0.25, 0.3) is 0 Å². The van der Waals surface area contributed by atoms with Crippen molar-refractivity contribution in [3.63, 3.8) is 0 Å². The summed E-state index contributed by atoms with van der Waals surface area (Å²) in [5.74, 6) is -1.02. The standard InChI is InChI=1S/C9H7NO5/c11-9(12)8-7(15-8)5-1-3-6(4-2-5)10(13)14/h1-4,7-8H,(H,11,12)/t7-,8-/m0/s1. The van der Waals surface area contributed by atoms with Gasteiger partial charge in [0.1, 0.15) is 6.10 Å². The maximum Gasteiger partial charge on any atom is 0.335 e. The van der Waals surface area contributed by atoms with Crippen molar-refractivity contribution < 1.29 is 19.6 Å². The summed E-state index contributed by atoms with van der Waals surface area (Å²) < 4.78 is 4.90. The van der Waals surface area contributed by atoms with Crippen molar-refractivity contribution in [1.29, 1.82) is 0 Å². The number of nitrogens with zero attached hydrogens (tertiary/aromatic N) is 1. The molecule has 0 saturated carbocycles. The van der Waals surface area contributed by atoms with Crippen LogP contribution >= 0.6 is 0 Å². The third-order valence-corrected chi connectivity index (χ3v) is 2.17. The minimum absolute atomic E-state index is 0.0220. The van der Waals surface area contributed by atoms with Crippen molar-refractivity contribution in [2.24, 2.45) is 0 Å². The summed E-state index contributed by atoms with van der Waals surface area (Å²) in [5.41, 5.74) is 0.624. The number of carbonyl (C=O) groups is 1. The lowest BCUT2D eigenvalue weighted by Crippen LogP contribution is -2.04. The lowest BCUT2D eigenvalue weighted by molar-refractivity contribution is -0.384. The highest BCUT2D eigenvalue weighted by molar-refractivity contribution is 5.76. The highest BCUT2D eigenvalue weighted by Crippen LogP contribution is 2.39. The van der Waals surface area contributed by atoms with Crippen LogP contribution in [-0.4, -0.2) is 22.1 Å². The van der Waals surface area contributed by atoms with Gasteiger partial charge in [-0.2, -0.15) is 0 Å². The van der Waals surface area contributed by atoms with Crippen LogP contribution in [0, 0.1) is 10.1 Å². The van der Waals surface area contributed by atoms with Crippen molar-refractivity contribution in [1.82, 2.24) is 0 Å². The molecule has 0 unspecified atom stereocenters. The molecule has 1 fully saturated rings. The molecule has 15 heavy (non-hydrogen) atoms. The van der Waals surface area contributed by atoms with E-state index in [2.05, 4.69) is 0 Å². The minimum atomic E-state index is -1.02. The Bertz CT molecular complexity index is 413. The fourth-order valence-corrected chi connectivity index (χ4v) is 1.34. The van der Waals surface area contributed by atoms with Crippen LogP contribution in [0.3, 0.4) is 0 Å². The van der Waals surface area contributed by atoms with Crippen LogP contribution in [0.2, 0.25) is 0 Å². The van der Waals surface area contributed by atoms with Gasteiger partial charge >= 0.3 is 5.97 Å². The van der Waals surface area contributed by atoms with Crippen LogP contribution < -0.4 is 0 Å². The molecule has 6 nitrogen and oxygen atoms in total. The first-order chi connectivity index (χ1) is 7.09. The SMILES string of the molecule is O=C(O)[C@H]1O[C@H]1c1ccc([N+](=O)[O-])cc1. The lowest BCUT2D eigenvalue weighted by Gasteiger charge is -1.94. The van der Waals surface area contributed by atoms with E-state index in [0.29, 0.717) is 5.56 Å². The normalized spacial score (nSPS) is 23.5. The predicted octanol–water partition coefficient (Wildman–Crippen LogP) is 1.12. The Morgan fingerprint density at radius 2 is 2.00 bits per heavy atom. The van der Waals surface area contributed by atoms with Gasteiger partial charge in [0, 0.05) is 12.1 Å². The van der Waals surface area contributed by atoms with Gasteiger partial charge in [0.2, 0.25) is 0 Å². The molecule has 78 valence electrons. The average Bonchev–Trinajstić information content (AvgIpc) is 2.97. The van der Waals surface area contributed by atoms with E-state index in [0.717, 1.165) is 0 Å². The third-order valence-electron chi connectivity index (χ3n) is 2.17. The Labute approximate surface area is 84.2 Å². The molecule has 1 heterocycles. The van der Waals surface area contributed by atoms with Crippen LogP contribution in [0.1, 0.15) is 11.7 Å². The summed E-state index contributed by atoms with van der Waals surface area (Å²) in [4.78, 5) is 20.3. The maximum absolute atomic E-state index is 10.5. The minimum Gasteiger partial charge on any atom is -0.479 e. The van der Waals surface area contributed by atoms with Crippen LogP contribution in [0.4, 0.5) is 5.69 Å². The van der Waals surface area contributed by atoms with Crippen LogP contribution in [0.5, 0.6) is 0 Å². The molecule has 0 radical (unpaired) electrons. The van der Waals surface area contributed by atoms with Gasteiger partial charge in [0.25, 0.3) is 5.69 Å². The molecule has 0 aromatic heterocycles. The number of carboxylic acid groups (broad SMARTS) is 1. The quantitative estimate of drug-likeness (QED) is 0.457. The summed E-state index contributed by atoms with van der Waals surface area (Å²) in [7, 11) is 0. The molecule has 0 spiro atoms. The van der Waals surface area contributed by atoms with Gasteiger partial charge in [-0.25, -0.2) is 4.79 Å². The first-order valence-electron chi connectivity index (χ1n) is 4.22. The molecular weight excluding hydrogens is 202 g/mol. The van der Waals surface area contributed by atoms with E-state index in [4.69, 9.17) is 9.84 Å². The van der Waals surface area contributed by atoms with E-state index >= 15 is 0 Å². The molecule has 6 heteroatoms. The van der Waals surface area contributed by atoms with Crippen LogP contribution in [-0.2, 0) is 9.53 Å². The molecule has 0 amide bonds. The first-order valence-corrected chi connectivity index (χ1v) is 4.22. The number of non-ortho nitro benzene ring substituents is 1. The number of epoxide rings is 1. The smallest absolute Gasteiger partial charge is 0.335 e. The van der Waals surface area contributed by atoms with Gasteiger partial charge in [-0.05, 0) is 17.7 Å². The van der Waals surface area contributed by atoms with E-state index in [-0.39, 0.29) is 5.69 Å². The summed E-state index contributed by atoms with van der Waals surface area (Å²) in [6, 6.07) is 5.67. The van der Waals surface area contributed by atoms with Gasteiger partial charge in [-0.15, -0.1) is 0 Å². The topological polar surface area (TPSA) is 93.0 Å². The molecule has 2 rings (SSSR count). The van der Waals surface area contributed by atoms with Gasteiger partial charge < -0.3 is 9.84 Å². The van der Waals surface area contributed by atoms with Gasteiger partial charge in [-0.1, -0.05) is 0 Å². The number of nitro benzene ring substituents is 1. The molecule has 1 aromatic rings. The summed E-state index contributed by atoms with van der Waals surface area (Å²) in [6.07, 6.45) is -1.28. The number of hydrogen-bond acceptors (Lipinski definition) is 4. The second kappa shape index (κ2) is 3.32. The Morgan fingerprint density at radius 3 is 2.40 bits per heavy atom. The second-order valence-electron chi connectivity index (χ2n) is 3.16. The Morgan fingerprint density at radius 1 is 1.40 bits per heavy atom. The van der Waals surface area contributed by atoms with E-state index in [1.807, 2.05) is 0 Å². The number of aliphatic carboxylic acids is 1. The second-order valence-corrected chi connectivity index (χ2v) is 3.16. The molecule has 1 aliphatic heterocycles. The number of carboxylic acids is 1. The number of nitro groups is 1. The number of benzene rings is 1. The van der Waals surface area contributed by atoms with Crippen LogP contribution in [0.15, 0.2) is 24.3 Å². The largest absolute Gasteiger partial charge is 0.479 e. The number of ether oxygens (including phenoxy) is 1. The summed E-state index contributed by atoms with van der Waals surface area (Å²) in [6.45, 7) is 0. The van der Waals surface area contributed by atoms with E-state index in [1.165, 1.54) is 24.3 Å². The van der Waals surface area contributed by atoms with Gasteiger partial charge in [0.05, 0.1) is 4.92 Å². The fraction of sp³-hybridized carbons (Fsp3) is 0.222. The maximum atomic E-state index is 10.5. The monoisotopic (exact) mass is 209 g/mol. The Kier molecular flexibility index (Phi) is 2.12. The zero-order valence-electron chi connectivity index (χ0n) is 7.49. The van der Waals surface area contributed by atoms with Crippen molar-refractivity contribution in [3.8, 4) is 0 Å². The number of hydrogen-bond donors (Lipinski definition) is 1. The lowest BCUT2D eigenvalue weighted by atomic mass is 10.1. The van der Waals surface area contributed by atoms with Gasteiger partial charge in [-0.3, -0.25) is 10.1 Å². The predicted molar refractivity (Wildman–Crippen MR) is 48.3 cm³/mol. The zero-order valence-corrected chi connectivity index (χ0v) is 7.49. The van der Waals surface area contributed by atoms with E-state index in [1.54, 1.807) is 0 Å². The molecule has 2 atom stereocenters. The van der Waals surface area contributed by atoms with E-state index < -0.39 is 23.1 Å². The molecule has 1 aliphatic rings. The van der Waals surface area contributed by atoms with Crippen molar-refractivity contribution >= 4 is 11.7 Å². The van der Waals surface area contributed by atoms with Crippen molar-refractivity contribution in [3.05, 3.63) is 39.9 Å². The average molecular weight is 209 g/mol. The van der Waals surface area contributed by atoms with Crippen molar-refractivity contribution in [2.45, 2.75) is 12.2 Å². The Hall–Kier alpha value is -1.95. The highest BCUT2D eigenvalue weighted by Gasteiger charge is 2.46.